The van der Waals surface area contributed by atoms with Crippen LogP contribution in [0.15, 0.2) is 36.7 Å². The van der Waals surface area contributed by atoms with E-state index in [0.29, 0.717) is 6.04 Å². The molecule has 1 saturated heterocycles. The van der Waals surface area contributed by atoms with Crippen LogP contribution in [0, 0.1) is 0 Å². The van der Waals surface area contributed by atoms with E-state index >= 15 is 0 Å². The summed E-state index contributed by atoms with van der Waals surface area (Å²) in [4.78, 5) is 9.99. The zero-order valence-corrected chi connectivity index (χ0v) is 13.6. The highest BCUT2D eigenvalue weighted by molar-refractivity contribution is 7.22. The Morgan fingerprint density at radius 2 is 2.13 bits per heavy atom. The van der Waals surface area contributed by atoms with Gasteiger partial charge in [0.1, 0.15) is 17.9 Å². The van der Waals surface area contributed by atoms with E-state index in [0.717, 1.165) is 47.0 Å². The average Bonchev–Trinajstić information content (AvgIpc) is 3.25. The molecule has 1 atom stereocenters. The SMILES string of the molecule is COc1ccc(-c2cc3ncnc(N[C@H]4CCOC4)c3s2)cc1. The summed E-state index contributed by atoms with van der Waals surface area (Å²) < 4.78 is 11.7. The smallest absolute Gasteiger partial charge is 0.147 e. The van der Waals surface area contributed by atoms with Gasteiger partial charge in [-0.25, -0.2) is 9.97 Å². The van der Waals surface area contributed by atoms with E-state index < -0.39 is 0 Å². The van der Waals surface area contributed by atoms with Crippen molar-refractivity contribution in [3.05, 3.63) is 36.7 Å². The lowest BCUT2D eigenvalue weighted by molar-refractivity contribution is 0.195. The van der Waals surface area contributed by atoms with Crippen molar-refractivity contribution < 1.29 is 9.47 Å². The number of aromatic nitrogens is 2. The molecular weight excluding hydrogens is 310 g/mol. The predicted molar refractivity (Wildman–Crippen MR) is 92.2 cm³/mol. The number of fused-ring (bicyclic) bond motifs is 1. The van der Waals surface area contributed by atoms with Gasteiger partial charge in [-0.2, -0.15) is 0 Å². The van der Waals surface area contributed by atoms with E-state index in [4.69, 9.17) is 9.47 Å². The van der Waals surface area contributed by atoms with Gasteiger partial charge in [0.15, 0.2) is 0 Å². The summed E-state index contributed by atoms with van der Waals surface area (Å²) in [6.07, 6.45) is 2.63. The van der Waals surface area contributed by atoms with Gasteiger partial charge in [-0.05, 0) is 42.3 Å². The second kappa shape index (κ2) is 6.14. The molecular formula is C17H17N3O2S. The molecule has 23 heavy (non-hydrogen) atoms. The standard InChI is InChI=1S/C17H17N3O2S/c1-21-13-4-2-11(3-5-13)15-8-14-16(23-15)17(19-10-18-14)20-12-6-7-22-9-12/h2-5,8,10,12H,6-7,9H2,1H3,(H,18,19,20)/t12-/m0/s1. The normalized spacial score (nSPS) is 17.5. The number of rotatable bonds is 4. The van der Waals surface area contributed by atoms with Crippen molar-refractivity contribution >= 4 is 27.4 Å². The fourth-order valence-electron chi connectivity index (χ4n) is 2.70. The van der Waals surface area contributed by atoms with Gasteiger partial charge >= 0.3 is 0 Å². The van der Waals surface area contributed by atoms with Crippen LogP contribution in [-0.4, -0.2) is 36.3 Å². The number of benzene rings is 1. The number of anilines is 1. The molecule has 0 radical (unpaired) electrons. The number of nitrogens with one attached hydrogen (secondary N) is 1. The summed E-state index contributed by atoms with van der Waals surface area (Å²) in [5.41, 5.74) is 2.13. The van der Waals surface area contributed by atoms with Crippen LogP contribution in [-0.2, 0) is 4.74 Å². The third-order valence-corrected chi connectivity index (χ3v) is 5.14. The molecule has 118 valence electrons. The molecule has 0 amide bonds. The number of hydrogen-bond donors (Lipinski definition) is 1. The van der Waals surface area contributed by atoms with E-state index in [1.54, 1.807) is 24.8 Å². The number of nitrogens with zero attached hydrogens (tertiary/aromatic N) is 2. The monoisotopic (exact) mass is 327 g/mol. The maximum atomic E-state index is 5.42. The number of ether oxygens (including phenoxy) is 2. The zero-order chi connectivity index (χ0) is 15.6. The first-order valence-electron chi connectivity index (χ1n) is 7.57. The topological polar surface area (TPSA) is 56.3 Å². The van der Waals surface area contributed by atoms with Crippen LogP contribution >= 0.6 is 11.3 Å². The third kappa shape index (κ3) is 2.87. The largest absolute Gasteiger partial charge is 0.497 e. The number of thiophene rings is 1. The van der Waals surface area contributed by atoms with E-state index in [9.17, 15) is 0 Å². The van der Waals surface area contributed by atoms with Gasteiger partial charge < -0.3 is 14.8 Å². The van der Waals surface area contributed by atoms with E-state index in [2.05, 4.69) is 33.5 Å². The van der Waals surface area contributed by atoms with Crippen molar-refractivity contribution in [1.29, 1.82) is 0 Å². The van der Waals surface area contributed by atoms with Crippen LogP contribution in [0.2, 0.25) is 0 Å². The Bertz CT molecular complexity index is 810. The summed E-state index contributed by atoms with van der Waals surface area (Å²) in [6.45, 7) is 1.55. The summed E-state index contributed by atoms with van der Waals surface area (Å²) >= 11 is 1.70. The van der Waals surface area contributed by atoms with E-state index in [1.165, 1.54) is 4.88 Å². The fraction of sp³-hybridized carbons (Fsp3) is 0.294. The third-order valence-electron chi connectivity index (χ3n) is 3.96. The molecule has 1 fully saturated rings. The van der Waals surface area contributed by atoms with Gasteiger partial charge in [0.2, 0.25) is 0 Å². The van der Waals surface area contributed by atoms with Crippen molar-refractivity contribution in [1.82, 2.24) is 9.97 Å². The summed E-state index contributed by atoms with van der Waals surface area (Å²) in [6, 6.07) is 10.5. The van der Waals surface area contributed by atoms with Crippen molar-refractivity contribution in [3.63, 3.8) is 0 Å². The maximum Gasteiger partial charge on any atom is 0.147 e. The first kappa shape index (κ1) is 14.4. The molecule has 1 aliphatic heterocycles. The minimum Gasteiger partial charge on any atom is -0.497 e. The zero-order valence-electron chi connectivity index (χ0n) is 12.8. The molecule has 2 aromatic heterocycles. The lowest BCUT2D eigenvalue weighted by atomic mass is 10.2. The Kier molecular flexibility index (Phi) is 3.85. The summed E-state index contributed by atoms with van der Waals surface area (Å²) in [5, 5.41) is 3.48. The Morgan fingerprint density at radius 3 is 2.87 bits per heavy atom. The molecule has 1 N–H and O–H groups in total. The first-order chi connectivity index (χ1) is 11.3. The molecule has 0 spiro atoms. The first-order valence-corrected chi connectivity index (χ1v) is 8.38. The van der Waals surface area contributed by atoms with Crippen molar-refractivity contribution in [3.8, 4) is 16.2 Å². The molecule has 0 bridgehead atoms. The Hall–Kier alpha value is -2.18. The van der Waals surface area contributed by atoms with Gasteiger partial charge in [-0.15, -0.1) is 11.3 Å². The molecule has 0 unspecified atom stereocenters. The molecule has 1 aromatic carbocycles. The molecule has 3 aromatic rings. The minimum absolute atomic E-state index is 0.333. The molecule has 4 rings (SSSR count). The van der Waals surface area contributed by atoms with Gasteiger partial charge in [-0.1, -0.05) is 0 Å². The molecule has 5 nitrogen and oxygen atoms in total. The number of hydrogen-bond acceptors (Lipinski definition) is 6. The van der Waals surface area contributed by atoms with E-state index in [-0.39, 0.29) is 0 Å². The van der Waals surface area contributed by atoms with Crippen LogP contribution < -0.4 is 10.1 Å². The van der Waals surface area contributed by atoms with Gasteiger partial charge in [0, 0.05) is 11.5 Å². The van der Waals surface area contributed by atoms with Gasteiger partial charge in [0.05, 0.1) is 30.0 Å². The van der Waals surface area contributed by atoms with E-state index in [1.807, 2.05) is 12.1 Å². The van der Waals surface area contributed by atoms with Crippen LogP contribution in [0.4, 0.5) is 5.82 Å². The molecule has 6 heteroatoms. The number of methoxy groups -OCH3 is 1. The Balaban J connectivity index is 1.68. The highest BCUT2D eigenvalue weighted by Gasteiger charge is 2.18. The lowest BCUT2D eigenvalue weighted by Gasteiger charge is -2.11. The van der Waals surface area contributed by atoms with Gasteiger partial charge in [0.25, 0.3) is 0 Å². The molecule has 3 heterocycles. The summed E-state index contributed by atoms with van der Waals surface area (Å²) in [7, 11) is 1.68. The lowest BCUT2D eigenvalue weighted by Crippen LogP contribution is -2.19. The van der Waals surface area contributed by atoms with Crippen molar-refractivity contribution in [2.45, 2.75) is 12.5 Å². The fourth-order valence-corrected chi connectivity index (χ4v) is 3.77. The highest BCUT2D eigenvalue weighted by Crippen LogP contribution is 2.36. The van der Waals surface area contributed by atoms with Crippen LogP contribution in [0.5, 0.6) is 5.75 Å². The van der Waals surface area contributed by atoms with Crippen molar-refractivity contribution in [2.75, 3.05) is 25.6 Å². The molecule has 0 saturated carbocycles. The van der Waals surface area contributed by atoms with Crippen LogP contribution in [0.25, 0.3) is 20.7 Å². The maximum absolute atomic E-state index is 5.42. The van der Waals surface area contributed by atoms with Crippen molar-refractivity contribution in [2.24, 2.45) is 0 Å². The highest BCUT2D eigenvalue weighted by atomic mass is 32.1. The minimum atomic E-state index is 0.333. The van der Waals surface area contributed by atoms with Crippen LogP contribution in [0.1, 0.15) is 6.42 Å². The molecule has 0 aliphatic carbocycles. The quantitative estimate of drug-likeness (QED) is 0.794. The predicted octanol–water partition coefficient (Wildman–Crippen LogP) is 3.57. The second-order valence-corrected chi connectivity index (χ2v) is 6.53. The Labute approximate surface area is 138 Å². The van der Waals surface area contributed by atoms with Crippen LogP contribution in [0.3, 0.4) is 0 Å². The average molecular weight is 327 g/mol. The Morgan fingerprint density at radius 1 is 1.26 bits per heavy atom. The molecule has 1 aliphatic rings. The second-order valence-electron chi connectivity index (χ2n) is 5.48. The summed E-state index contributed by atoms with van der Waals surface area (Å²) in [5.74, 6) is 1.76. The van der Waals surface area contributed by atoms with Gasteiger partial charge in [-0.3, -0.25) is 0 Å².